The van der Waals surface area contributed by atoms with Crippen LogP contribution in [0, 0.1) is 0 Å². The predicted molar refractivity (Wildman–Crippen MR) is 115 cm³/mol. The zero-order valence-electron chi connectivity index (χ0n) is 16.2. The summed E-state index contributed by atoms with van der Waals surface area (Å²) in [5, 5.41) is 5.50. The van der Waals surface area contributed by atoms with Gasteiger partial charge in [0.25, 0.3) is 0 Å². The molecule has 0 fully saturated rings. The van der Waals surface area contributed by atoms with Crippen LogP contribution in [0.15, 0.2) is 67.9 Å². The van der Waals surface area contributed by atoms with Gasteiger partial charge >= 0.3 is 0 Å². The van der Waals surface area contributed by atoms with Crippen LogP contribution in [0.3, 0.4) is 0 Å². The molecule has 6 heteroatoms. The molecule has 140 valence electrons. The fourth-order valence-electron chi connectivity index (χ4n) is 3.08. The lowest BCUT2D eigenvalue weighted by Crippen LogP contribution is -2.11. The Balaban J connectivity index is 1.63. The fraction of sp³-hybridized carbons (Fsp3) is 0.136. The van der Waals surface area contributed by atoms with Crippen LogP contribution < -0.4 is 10.2 Å². The Kier molecular flexibility index (Phi) is 4.53. The van der Waals surface area contributed by atoms with Gasteiger partial charge in [-0.2, -0.15) is 0 Å². The molecule has 0 aliphatic heterocycles. The van der Waals surface area contributed by atoms with E-state index in [4.69, 9.17) is 0 Å². The maximum atomic E-state index is 4.52. The number of aryl methyl sites for hydroxylation is 1. The zero-order valence-corrected chi connectivity index (χ0v) is 16.2. The lowest BCUT2D eigenvalue weighted by molar-refractivity contribution is 0.921. The first-order chi connectivity index (χ1) is 13.5. The van der Waals surface area contributed by atoms with E-state index >= 15 is 0 Å². The number of pyridine rings is 2. The van der Waals surface area contributed by atoms with Crippen LogP contribution >= 0.6 is 0 Å². The Morgan fingerprint density at radius 1 is 1.04 bits per heavy atom. The third-order valence-corrected chi connectivity index (χ3v) is 4.67. The quantitative estimate of drug-likeness (QED) is 0.571. The molecule has 0 saturated heterocycles. The number of nitrogens with one attached hydrogen (secondary N) is 1. The number of hydrogen-bond acceptors (Lipinski definition) is 5. The van der Waals surface area contributed by atoms with Crippen molar-refractivity contribution in [2.75, 3.05) is 24.3 Å². The number of rotatable bonds is 5. The first-order valence-electron chi connectivity index (χ1n) is 8.97. The van der Waals surface area contributed by atoms with Crippen LogP contribution in [0.5, 0.6) is 0 Å². The minimum atomic E-state index is 0.753. The number of hydrogen-bond donors (Lipinski definition) is 1. The van der Waals surface area contributed by atoms with Gasteiger partial charge in [-0.3, -0.25) is 0 Å². The number of benzene rings is 1. The standard InChI is InChI=1S/C22H22N6/c1-15(16-7-8-24-22(11-16)27(2)3)26-21-10-19-9-17(5-6-18(19)12-25-21)20-13-23-14-28(20)4/h5-14H,1H2,2-4H3,(H,25,26). The van der Waals surface area contributed by atoms with Crippen molar-refractivity contribution in [3.8, 4) is 11.3 Å². The smallest absolute Gasteiger partial charge is 0.130 e. The van der Waals surface area contributed by atoms with Crippen molar-refractivity contribution >= 4 is 28.1 Å². The van der Waals surface area contributed by atoms with E-state index in [0.29, 0.717) is 0 Å². The molecule has 3 heterocycles. The Bertz CT molecular complexity index is 1160. The van der Waals surface area contributed by atoms with Crippen molar-refractivity contribution in [1.82, 2.24) is 19.5 Å². The van der Waals surface area contributed by atoms with Crippen LogP contribution in [-0.2, 0) is 7.05 Å². The molecule has 0 bridgehead atoms. The number of aromatic nitrogens is 4. The summed E-state index contributed by atoms with van der Waals surface area (Å²) in [7, 11) is 5.92. The summed E-state index contributed by atoms with van der Waals surface area (Å²) in [6.07, 6.45) is 7.33. The largest absolute Gasteiger partial charge is 0.363 e. The molecule has 6 nitrogen and oxygen atoms in total. The van der Waals surface area contributed by atoms with Crippen molar-refractivity contribution < 1.29 is 0 Å². The molecule has 0 atom stereocenters. The van der Waals surface area contributed by atoms with E-state index in [1.165, 1.54) is 0 Å². The molecule has 4 rings (SSSR count). The molecule has 0 saturated carbocycles. The molecule has 0 radical (unpaired) electrons. The maximum absolute atomic E-state index is 4.52. The Hall–Kier alpha value is -3.67. The molecule has 0 spiro atoms. The van der Waals surface area contributed by atoms with E-state index in [2.05, 4.69) is 45.0 Å². The highest BCUT2D eigenvalue weighted by Crippen LogP contribution is 2.26. The Labute approximate surface area is 164 Å². The van der Waals surface area contributed by atoms with E-state index in [9.17, 15) is 0 Å². The van der Waals surface area contributed by atoms with Gasteiger partial charge in [0.1, 0.15) is 11.6 Å². The van der Waals surface area contributed by atoms with E-state index in [0.717, 1.165) is 44.9 Å². The van der Waals surface area contributed by atoms with E-state index in [-0.39, 0.29) is 0 Å². The van der Waals surface area contributed by atoms with Crippen molar-refractivity contribution in [1.29, 1.82) is 0 Å². The van der Waals surface area contributed by atoms with Gasteiger partial charge in [0, 0.05) is 55.7 Å². The second kappa shape index (κ2) is 7.15. The van der Waals surface area contributed by atoms with Crippen molar-refractivity contribution in [3.05, 3.63) is 73.5 Å². The molecule has 0 aliphatic carbocycles. The average molecular weight is 370 g/mol. The summed E-state index contributed by atoms with van der Waals surface area (Å²) < 4.78 is 2.01. The van der Waals surface area contributed by atoms with Gasteiger partial charge < -0.3 is 14.8 Å². The van der Waals surface area contributed by atoms with Crippen LogP contribution in [-0.4, -0.2) is 33.6 Å². The first kappa shape index (κ1) is 17.7. The second-order valence-corrected chi connectivity index (χ2v) is 6.92. The molecule has 1 aromatic carbocycles. The first-order valence-corrected chi connectivity index (χ1v) is 8.97. The highest BCUT2D eigenvalue weighted by molar-refractivity contribution is 5.89. The van der Waals surface area contributed by atoms with Crippen LogP contribution in [0.4, 0.5) is 11.6 Å². The van der Waals surface area contributed by atoms with Gasteiger partial charge in [0.05, 0.1) is 18.2 Å². The van der Waals surface area contributed by atoms with Gasteiger partial charge in [0.2, 0.25) is 0 Å². The minimum Gasteiger partial charge on any atom is -0.363 e. The summed E-state index contributed by atoms with van der Waals surface area (Å²) in [5.41, 5.74) is 3.95. The zero-order chi connectivity index (χ0) is 19.7. The van der Waals surface area contributed by atoms with Gasteiger partial charge in [-0.05, 0) is 29.7 Å². The van der Waals surface area contributed by atoms with Crippen molar-refractivity contribution in [3.63, 3.8) is 0 Å². The second-order valence-electron chi connectivity index (χ2n) is 6.92. The van der Waals surface area contributed by atoms with Crippen LogP contribution in [0.1, 0.15) is 5.56 Å². The minimum absolute atomic E-state index is 0.753. The van der Waals surface area contributed by atoms with Gasteiger partial charge in [0.15, 0.2) is 0 Å². The fourth-order valence-corrected chi connectivity index (χ4v) is 3.08. The molecular formula is C22H22N6. The van der Waals surface area contributed by atoms with E-state index in [1.807, 2.05) is 61.2 Å². The molecule has 0 amide bonds. The molecule has 3 aromatic heterocycles. The normalized spacial score (nSPS) is 10.8. The monoisotopic (exact) mass is 370 g/mol. The highest BCUT2D eigenvalue weighted by atomic mass is 15.1. The molecule has 0 aliphatic rings. The Morgan fingerprint density at radius 2 is 1.89 bits per heavy atom. The van der Waals surface area contributed by atoms with Gasteiger partial charge in [-0.25, -0.2) is 15.0 Å². The highest BCUT2D eigenvalue weighted by Gasteiger charge is 2.07. The van der Waals surface area contributed by atoms with Crippen LogP contribution in [0.2, 0.25) is 0 Å². The summed E-state index contributed by atoms with van der Waals surface area (Å²) in [6, 6.07) is 12.3. The summed E-state index contributed by atoms with van der Waals surface area (Å²) in [5.74, 6) is 1.63. The van der Waals surface area contributed by atoms with Gasteiger partial charge in [-0.15, -0.1) is 0 Å². The molecule has 1 N–H and O–H groups in total. The van der Waals surface area contributed by atoms with Gasteiger partial charge in [-0.1, -0.05) is 18.7 Å². The third kappa shape index (κ3) is 3.44. The number of anilines is 2. The van der Waals surface area contributed by atoms with Crippen molar-refractivity contribution in [2.45, 2.75) is 0 Å². The summed E-state index contributed by atoms with van der Waals surface area (Å²) >= 11 is 0. The van der Waals surface area contributed by atoms with E-state index < -0.39 is 0 Å². The maximum Gasteiger partial charge on any atom is 0.130 e. The lowest BCUT2D eigenvalue weighted by Gasteiger charge is -2.14. The SMILES string of the molecule is C=C(Nc1cc2cc(-c3cncn3C)ccc2cn1)c1ccnc(N(C)C)c1. The predicted octanol–water partition coefficient (Wildman–Crippen LogP) is 4.18. The molecular weight excluding hydrogens is 348 g/mol. The summed E-state index contributed by atoms with van der Waals surface area (Å²) in [6.45, 7) is 4.16. The Morgan fingerprint density at radius 3 is 2.64 bits per heavy atom. The average Bonchev–Trinajstić information content (AvgIpc) is 3.13. The molecule has 28 heavy (non-hydrogen) atoms. The topological polar surface area (TPSA) is 58.9 Å². The number of fused-ring (bicyclic) bond motifs is 1. The lowest BCUT2D eigenvalue weighted by atomic mass is 10.1. The van der Waals surface area contributed by atoms with Crippen LogP contribution in [0.25, 0.3) is 27.7 Å². The summed E-state index contributed by atoms with van der Waals surface area (Å²) in [4.78, 5) is 15.0. The molecule has 0 unspecified atom stereocenters. The van der Waals surface area contributed by atoms with Crippen molar-refractivity contribution in [2.24, 2.45) is 7.05 Å². The molecule has 4 aromatic rings. The van der Waals surface area contributed by atoms with E-state index in [1.54, 1.807) is 12.5 Å². The number of imidazole rings is 1. The third-order valence-electron chi connectivity index (χ3n) is 4.67. The number of nitrogens with zero attached hydrogens (tertiary/aromatic N) is 5.